The van der Waals surface area contributed by atoms with Gasteiger partial charge in [0.25, 0.3) is 5.91 Å². The number of halogens is 1. The van der Waals surface area contributed by atoms with Crippen molar-refractivity contribution in [1.29, 1.82) is 0 Å². The second-order valence-corrected chi connectivity index (χ2v) is 6.26. The third-order valence-electron chi connectivity index (χ3n) is 3.92. The van der Waals surface area contributed by atoms with Gasteiger partial charge in [0.2, 0.25) is 5.91 Å². The first kappa shape index (κ1) is 20.1. The molecule has 0 aliphatic rings. The molecule has 0 unspecified atom stereocenters. The minimum atomic E-state index is -0.789. The van der Waals surface area contributed by atoms with E-state index in [2.05, 4.69) is 15.4 Å². The molecular weight excluding hydrogens is 351 g/mol. The number of carbonyl (C=O) groups is 3. The van der Waals surface area contributed by atoms with Crippen molar-refractivity contribution in [3.63, 3.8) is 0 Å². The van der Waals surface area contributed by atoms with Gasteiger partial charge in [-0.3, -0.25) is 9.59 Å². The molecule has 2 aromatic rings. The highest BCUT2D eigenvalue weighted by molar-refractivity contribution is 6.01. The predicted molar refractivity (Wildman–Crippen MR) is 98.9 cm³/mol. The monoisotopic (exact) mass is 372 g/mol. The molecule has 2 rings (SSSR count). The SMILES string of the molecule is COC(=O)c1ccc(NC(=O)[C@@H](NC(=O)c2ccc(F)cc2)C(C)C)cc1. The molecule has 0 saturated carbocycles. The first-order valence-electron chi connectivity index (χ1n) is 8.37. The van der Waals surface area contributed by atoms with Crippen molar-refractivity contribution < 1.29 is 23.5 Å². The summed E-state index contributed by atoms with van der Waals surface area (Å²) in [5, 5.41) is 5.37. The van der Waals surface area contributed by atoms with Gasteiger partial charge in [-0.05, 0) is 54.4 Å². The van der Waals surface area contributed by atoms with E-state index in [9.17, 15) is 18.8 Å². The zero-order chi connectivity index (χ0) is 20.0. The van der Waals surface area contributed by atoms with Gasteiger partial charge in [-0.2, -0.15) is 0 Å². The van der Waals surface area contributed by atoms with Gasteiger partial charge in [0.15, 0.2) is 0 Å². The Kier molecular flexibility index (Phi) is 6.65. The van der Waals surface area contributed by atoms with Crippen molar-refractivity contribution in [3.8, 4) is 0 Å². The minimum Gasteiger partial charge on any atom is -0.465 e. The third kappa shape index (κ3) is 5.37. The molecular formula is C20H21FN2O4. The first-order chi connectivity index (χ1) is 12.8. The number of amides is 2. The molecule has 2 N–H and O–H groups in total. The van der Waals surface area contributed by atoms with Crippen LogP contribution in [0.25, 0.3) is 0 Å². The van der Waals surface area contributed by atoms with Gasteiger partial charge >= 0.3 is 5.97 Å². The molecule has 2 aromatic carbocycles. The van der Waals surface area contributed by atoms with Gasteiger partial charge in [-0.15, -0.1) is 0 Å². The second-order valence-electron chi connectivity index (χ2n) is 6.26. The molecule has 0 radical (unpaired) electrons. The average Bonchev–Trinajstić information content (AvgIpc) is 2.66. The van der Waals surface area contributed by atoms with Crippen LogP contribution in [-0.2, 0) is 9.53 Å². The quantitative estimate of drug-likeness (QED) is 0.764. The summed E-state index contributed by atoms with van der Waals surface area (Å²) in [5.41, 5.74) is 1.10. The van der Waals surface area contributed by atoms with Gasteiger partial charge in [0, 0.05) is 11.3 Å². The normalized spacial score (nSPS) is 11.6. The van der Waals surface area contributed by atoms with Gasteiger partial charge in [-0.1, -0.05) is 13.8 Å². The molecule has 0 saturated heterocycles. The second kappa shape index (κ2) is 8.93. The molecule has 0 bridgehead atoms. The van der Waals surface area contributed by atoms with Crippen molar-refractivity contribution in [2.75, 3.05) is 12.4 Å². The van der Waals surface area contributed by atoms with E-state index in [1.54, 1.807) is 26.0 Å². The van der Waals surface area contributed by atoms with Gasteiger partial charge in [0.1, 0.15) is 11.9 Å². The van der Waals surface area contributed by atoms with Crippen LogP contribution in [0.3, 0.4) is 0 Å². The highest BCUT2D eigenvalue weighted by Crippen LogP contribution is 2.13. The van der Waals surface area contributed by atoms with E-state index in [1.807, 2.05) is 0 Å². The van der Waals surface area contributed by atoms with E-state index in [0.29, 0.717) is 11.3 Å². The molecule has 0 heterocycles. The van der Waals surface area contributed by atoms with Crippen LogP contribution in [0.4, 0.5) is 10.1 Å². The standard InChI is InChI=1S/C20H21FN2O4/c1-12(2)17(23-18(24)13-4-8-15(21)9-5-13)19(25)22-16-10-6-14(7-11-16)20(26)27-3/h4-12,17H,1-3H3,(H,22,25)(H,23,24)/t17-/m0/s1. The molecule has 6 nitrogen and oxygen atoms in total. The average molecular weight is 372 g/mol. The maximum atomic E-state index is 13.0. The fourth-order valence-electron chi connectivity index (χ4n) is 2.39. The number of anilines is 1. The Morgan fingerprint density at radius 3 is 2.00 bits per heavy atom. The lowest BCUT2D eigenvalue weighted by Crippen LogP contribution is -2.47. The Hall–Kier alpha value is -3.22. The third-order valence-corrected chi connectivity index (χ3v) is 3.92. The zero-order valence-corrected chi connectivity index (χ0v) is 15.3. The summed E-state index contributed by atoms with van der Waals surface area (Å²) in [4.78, 5) is 36.3. The fraction of sp³-hybridized carbons (Fsp3) is 0.250. The number of rotatable bonds is 6. The lowest BCUT2D eigenvalue weighted by Gasteiger charge is -2.22. The summed E-state index contributed by atoms with van der Waals surface area (Å²) in [6, 6.07) is 10.5. The Labute approximate surface area is 156 Å². The number of esters is 1. The van der Waals surface area contributed by atoms with Crippen LogP contribution in [0.5, 0.6) is 0 Å². The Morgan fingerprint density at radius 1 is 0.926 bits per heavy atom. The van der Waals surface area contributed by atoms with E-state index >= 15 is 0 Å². The maximum absolute atomic E-state index is 13.0. The molecule has 0 fully saturated rings. The molecule has 0 aliphatic carbocycles. The molecule has 0 aromatic heterocycles. The van der Waals surface area contributed by atoms with Crippen LogP contribution in [0, 0.1) is 11.7 Å². The molecule has 27 heavy (non-hydrogen) atoms. The Morgan fingerprint density at radius 2 is 1.48 bits per heavy atom. The van der Waals surface area contributed by atoms with Crippen molar-refractivity contribution in [2.45, 2.75) is 19.9 Å². The predicted octanol–water partition coefficient (Wildman–Crippen LogP) is 3.01. The Balaban J connectivity index is 2.07. The summed E-state index contributed by atoms with van der Waals surface area (Å²) in [7, 11) is 1.29. The van der Waals surface area contributed by atoms with Crippen LogP contribution in [-0.4, -0.2) is 30.9 Å². The van der Waals surface area contributed by atoms with E-state index in [-0.39, 0.29) is 11.5 Å². The van der Waals surface area contributed by atoms with Crippen molar-refractivity contribution in [1.82, 2.24) is 5.32 Å². The highest BCUT2D eigenvalue weighted by Gasteiger charge is 2.25. The summed E-state index contributed by atoms with van der Waals surface area (Å²) >= 11 is 0. The topological polar surface area (TPSA) is 84.5 Å². The summed E-state index contributed by atoms with van der Waals surface area (Å²) in [5.74, 6) is -1.96. The number of benzene rings is 2. The van der Waals surface area contributed by atoms with Crippen molar-refractivity contribution in [3.05, 3.63) is 65.5 Å². The molecule has 0 spiro atoms. The van der Waals surface area contributed by atoms with E-state index in [0.717, 1.165) is 0 Å². The number of hydrogen-bond donors (Lipinski definition) is 2. The summed E-state index contributed by atoms with van der Waals surface area (Å²) in [6.07, 6.45) is 0. The smallest absolute Gasteiger partial charge is 0.337 e. The summed E-state index contributed by atoms with van der Waals surface area (Å²) < 4.78 is 17.6. The number of ether oxygens (including phenoxy) is 1. The largest absolute Gasteiger partial charge is 0.465 e. The number of hydrogen-bond acceptors (Lipinski definition) is 4. The zero-order valence-electron chi connectivity index (χ0n) is 15.3. The molecule has 0 aliphatic heterocycles. The lowest BCUT2D eigenvalue weighted by atomic mass is 10.0. The highest BCUT2D eigenvalue weighted by atomic mass is 19.1. The van der Waals surface area contributed by atoms with Gasteiger partial charge in [0.05, 0.1) is 12.7 Å². The van der Waals surface area contributed by atoms with E-state index in [1.165, 1.54) is 43.5 Å². The van der Waals surface area contributed by atoms with Crippen LogP contribution < -0.4 is 10.6 Å². The maximum Gasteiger partial charge on any atom is 0.337 e. The van der Waals surface area contributed by atoms with E-state index < -0.39 is 29.6 Å². The number of methoxy groups -OCH3 is 1. The molecule has 1 atom stereocenters. The van der Waals surface area contributed by atoms with Crippen LogP contribution >= 0.6 is 0 Å². The van der Waals surface area contributed by atoms with Gasteiger partial charge < -0.3 is 15.4 Å². The Bertz CT molecular complexity index is 817. The lowest BCUT2D eigenvalue weighted by molar-refractivity contribution is -0.118. The number of carbonyl (C=O) groups excluding carboxylic acids is 3. The van der Waals surface area contributed by atoms with Gasteiger partial charge in [-0.25, -0.2) is 9.18 Å². The van der Waals surface area contributed by atoms with Crippen molar-refractivity contribution in [2.24, 2.45) is 5.92 Å². The molecule has 7 heteroatoms. The minimum absolute atomic E-state index is 0.177. The fourth-order valence-corrected chi connectivity index (χ4v) is 2.39. The summed E-state index contributed by atoms with van der Waals surface area (Å²) in [6.45, 7) is 3.60. The van der Waals surface area contributed by atoms with Crippen LogP contribution in [0.15, 0.2) is 48.5 Å². The van der Waals surface area contributed by atoms with Crippen LogP contribution in [0.1, 0.15) is 34.6 Å². The van der Waals surface area contributed by atoms with Crippen LogP contribution in [0.2, 0.25) is 0 Å². The first-order valence-corrected chi connectivity index (χ1v) is 8.37. The van der Waals surface area contributed by atoms with E-state index in [4.69, 9.17) is 0 Å². The molecule has 142 valence electrons. The molecule has 2 amide bonds. The number of nitrogens with one attached hydrogen (secondary N) is 2. The van der Waals surface area contributed by atoms with Crippen molar-refractivity contribution >= 4 is 23.5 Å².